The summed E-state index contributed by atoms with van der Waals surface area (Å²) in [5.74, 6) is 0.279. The van der Waals surface area contributed by atoms with Gasteiger partial charge in [0.25, 0.3) is 0 Å². The second-order valence-electron chi connectivity index (χ2n) is 7.67. The number of rotatable bonds is 4. The van der Waals surface area contributed by atoms with Gasteiger partial charge in [0.05, 0.1) is 11.8 Å². The standard InChI is InChI=1S/C22H20ClF2N3O2/c23-16-8-20-19(29-12-30-20)7-14(16)11-28-6-2-3-13(10-28)22-15(9-26-27-22)21-17(24)4-1-5-18(21)25/h1,4-5,7-9,13H,2-3,6,10-12H2,(H,26,27). The lowest BCUT2D eigenvalue weighted by atomic mass is 9.90. The zero-order valence-electron chi connectivity index (χ0n) is 16.1. The Hall–Kier alpha value is -2.64. The monoisotopic (exact) mass is 431 g/mol. The van der Waals surface area contributed by atoms with E-state index in [2.05, 4.69) is 15.1 Å². The highest BCUT2D eigenvalue weighted by molar-refractivity contribution is 6.31. The molecule has 156 valence electrons. The molecule has 30 heavy (non-hydrogen) atoms. The lowest BCUT2D eigenvalue weighted by molar-refractivity contribution is 0.173. The highest BCUT2D eigenvalue weighted by atomic mass is 35.5. The predicted molar refractivity (Wildman–Crippen MR) is 109 cm³/mol. The van der Waals surface area contributed by atoms with Crippen LogP contribution in [0.15, 0.2) is 36.5 Å². The molecule has 2 aliphatic rings. The lowest BCUT2D eigenvalue weighted by Crippen LogP contribution is -2.34. The summed E-state index contributed by atoms with van der Waals surface area (Å²) < 4.78 is 39.5. The molecule has 1 aromatic heterocycles. The van der Waals surface area contributed by atoms with Crippen molar-refractivity contribution in [3.05, 3.63) is 64.4 Å². The fraction of sp³-hybridized carbons (Fsp3) is 0.318. The summed E-state index contributed by atoms with van der Waals surface area (Å²) in [6.07, 6.45) is 3.38. The highest BCUT2D eigenvalue weighted by Crippen LogP contribution is 2.39. The molecule has 5 rings (SSSR count). The number of aromatic nitrogens is 2. The van der Waals surface area contributed by atoms with E-state index in [9.17, 15) is 8.78 Å². The molecule has 5 nitrogen and oxygen atoms in total. The Morgan fingerprint density at radius 2 is 1.93 bits per heavy atom. The van der Waals surface area contributed by atoms with Crippen LogP contribution < -0.4 is 9.47 Å². The Balaban J connectivity index is 1.38. The van der Waals surface area contributed by atoms with Crippen molar-refractivity contribution < 1.29 is 18.3 Å². The Labute approximate surface area is 177 Å². The smallest absolute Gasteiger partial charge is 0.231 e. The molecule has 0 bridgehead atoms. The van der Waals surface area contributed by atoms with Crippen LogP contribution in [0.25, 0.3) is 11.1 Å². The molecule has 0 spiro atoms. The molecule has 0 aliphatic carbocycles. The van der Waals surface area contributed by atoms with E-state index in [0.717, 1.165) is 37.2 Å². The summed E-state index contributed by atoms with van der Waals surface area (Å²) in [5, 5.41) is 7.71. The van der Waals surface area contributed by atoms with Crippen LogP contribution in [0.1, 0.15) is 30.0 Å². The molecule has 1 saturated heterocycles. The van der Waals surface area contributed by atoms with E-state index >= 15 is 0 Å². The third-order valence-corrected chi connectivity index (χ3v) is 6.10. The van der Waals surface area contributed by atoms with Crippen LogP contribution in [0.4, 0.5) is 8.78 Å². The van der Waals surface area contributed by atoms with Crippen molar-refractivity contribution in [2.75, 3.05) is 19.9 Å². The molecule has 0 amide bonds. The number of hydrogen-bond donors (Lipinski definition) is 1. The molecule has 0 saturated carbocycles. The van der Waals surface area contributed by atoms with Gasteiger partial charge in [0.2, 0.25) is 6.79 Å². The predicted octanol–water partition coefficient (Wildman–Crippen LogP) is 5.12. The van der Waals surface area contributed by atoms with Gasteiger partial charge in [-0.05, 0) is 43.1 Å². The summed E-state index contributed by atoms with van der Waals surface area (Å²) in [4.78, 5) is 2.29. The van der Waals surface area contributed by atoms with Gasteiger partial charge in [-0.3, -0.25) is 10.00 Å². The van der Waals surface area contributed by atoms with Crippen LogP contribution in [0.2, 0.25) is 5.02 Å². The first-order valence-corrected chi connectivity index (χ1v) is 10.3. The average molecular weight is 432 g/mol. The van der Waals surface area contributed by atoms with E-state index in [1.165, 1.54) is 24.4 Å². The van der Waals surface area contributed by atoms with E-state index in [0.29, 0.717) is 28.6 Å². The first-order chi connectivity index (χ1) is 14.6. The van der Waals surface area contributed by atoms with E-state index in [-0.39, 0.29) is 18.3 Å². The second-order valence-corrected chi connectivity index (χ2v) is 8.07. The number of nitrogens with zero attached hydrogens (tertiary/aromatic N) is 2. The number of halogens is 3. The number of ether oxygens (including phenoxy) is 2. The van der Waals surface area contributed by atoms with E-state index in [1.54, 1.807) is 6.07 Å². The number of benzene rings is 2. The first-order valence-electron chi connectivity index (χ1n) is 9.88. The maximum absolute atomic E-state index is 14.3. The second kappa shape index (κ2) is 7.89. The van der Waals surface area contributed by atoms with Crippen LogP contribution in [0.3, 0.4) is 0 Å². The minimum Gasteiger partial charge on any atom is -0.454 e. The fourth-order valence-electron chi connectivity index (χ4n) is 4.32. The Morgan fingerprint density at radius 1 is 1.17 bits per heavy atom. The maximum atomic E-state index is 14.3. The van der Waals surface area contributed by atoms with Crippen molar-refractivity contribution in [3.8, 4) is 22.6 Å². The van der Waals surface area contributed by atoms with Gasteiger partial charge in [-0.15, -0.1) is 0 Å². The fourth-order valence-corrected chi connectivity index (χ4v) is 4.53. The number of nitrogens with one attached hydrogen (secondary N) is 1. The van der Waals surface area contributed by atoms with Gasteiger partial charge in [0, 0.05) is 41.4 Å². The molecule has 1 fully saturated rings. The number of piperidine rings is 1. The molecule has 3 aromatic rings. The minimum absolute atomic E-state index is 0.0304. The largest absolute Gasteiger partial charge is 0.454 e. The molecular weight excluding hydrogens is 412 g/mol. The Bertz CT molecular complexity index is 1070. The summed E-state index contributed by atoms with van der Waals surface area (Å²) in [7, 11) is 0. The van der Waals surface area contributed by atoms with Crippen LogP contribution in [0.5, 0.6) is 11.5 Å². The van der Waals surface area contributed by atoms with Crippen molar-refractivity contribution in [1.29, 1.82) is 0 Å². The third kappa shape index (κ3) is 3.52. The van der Waals surface area contributed by atoms with E-state index < -0.39 is 11.6 Å². The van der Waals surface area contributed by atoms with Gasteiger partial charge in [0.15, 0.2) is 11.5 Å². The number of aromatic amines is 1. The van der Waals surface area contributed by atoms with Crippen molar-refractivity contribution in [1.82, 2.24) is 15.1 Å². The topological polar surface area (TPSA) is 50.4 Å². The SMILES string of the molecule is Fc1cccc(F)c1-c1cn[nH]c1C1CCCN(Cc2cc3c(cc2Cl)OCO3)C1. The molecule has 1 unspecified atom stereocenters. The molecule has 8 heteroatoms. The first kappa shape index (κ1) is 19.3. The van der Waals surface area contributed by atoms with Gasteiger partial charge in [-0.1, -0.05) is 17.7 Å². The number of H-pyrrole nitrogens is 1. The molecule has 0 radical (unpaired) electrons. The van der Waals surface area contributed by atoms with Crippen molar-refractivity contribution in [2.24, 2.45) is 0 Å². The van der Waals surface area contributed by atoms with E-state index in [1.807, 2.05) is 6.07 Å². The number of hydrogen-bond acceptors (Lipinski definition) is 4. The molecule has 2 aliphatic heterocycles. The molecule has 3 heterocycles. The van der Waals surface area contributed by atoms with E-state index in [4.69, 9.17) is 21.1 Å². The van der Waals surface area contributed by atoms with Gasteiger partial charge < -0.3 is 9.47 Å². The average Bonchev–Trinajstić information content (AvgIpc) is 3.38. The summed E-state index contributed by atoms with van der Waals surface area (Å²) >= 11 is 6.44. The van der Waals surface area contributed by atoms with Crippen molar-refractivity contribution in [3.63, 3.8) is 0 Å². The highest BCUT2D eigenvalue weighted by Gasteiger charge is 2.28. The van der Waals surface area contributed by atoms with Crippen molar-refractivity contribution in [2.45, 2.75) is 25.3 Å². The normalized spacial score (nSPS) is 18.7. The molecule has 1 atom stereocenters. The Morgan fingerprint density at radius 3 is 2.73 bits per heavy atom. The van der Waals surface area contributed by atoms with Crippen LogP contribution in [0, 0.1) is 11.6 Å². The van der Waals surface area contributed by atoms with Gasteiger partial charge in [-0.2, -0.15) is 5.10 Å². The van der Waals surface area contributed by atoms with Crippen molar-refractivity contribution >= 4 is 11.6 Å². The van der Waals surface area contributed by atoms with Gasteiger partial charge >= 0.3 is 0 Å². The number of likely N-dealkylation sites (tertiary alicyclic amines) is 1. The lowest BCUT2D eigenvalue weighted by Gasteiger charge is -2.33. The van der Waals surface area contributed by atoms with Gasteiger partial charge in [0.1, 0.15) is 11.6 Å². The minimum atomic E-state index is -0.586. The van der Waals surface area contributed by atoms with Crippen LogP contribution >= 0.6 is 11.6 Å². The molecule has 1 N–H and O–H groups in total. The zero-order valence-corrected chi connectivity index (χ0v) is 16.9. The third-order valence-electron chi connectivity index (χ3n) is 5.75. The summed E-state index contributed by atoms with van der Waals surface area (Å²) in [6.45, 7) is 2.51. The summed E-state index contributed by atoms with van der Waals surface area (Å²) in [6, 6.07) is 7.61. The van der Waals surface area contributed by atoms with Gasteiger partial charge in [-0.25, -0.2) is 8.78 Å². The molecule has 2 aromatic carbocycles. The molecular formula is C22H20ClF2N3O2. The maximum Gasteiger partial charge on any atom is 0.231 e. The van der Waals surface area contributed by atoms with Crippen LogP contribution in [-0.2, 0) is 6.54 Å². The summed E-state index contributed by atoms with van der Waals surface area (Å²) in [5.41, 5.74) is 2.18. The number of fused-ring (bicyclic) bond motifs is 1. The zero-order chi connectivity index (χ0) is 20.7. The Kier molecular flexibility index (Phi) is 5.08. The quantitative estimate of drug-likeness (QED) is 0.623. The van der Waals surface area contributed by atoms with Crippen LogP contribution in [-0.4, -0.2) is 35.0 Å².